The van der Waals surface area contributed by atoms with Crippen molar-refractivity contribution < 1.29 is 0 Å². The zero-order chi connectivity index (χ0) is 11.7. The van der Waals surface area contributed by atoms with Gasteiger partial charge in [-0.25, -0.2) is 0 Å². The number of rotatable bonds is 4. The van der Waals surface area contributed by atoms with Gasteiger partial charge in [0.25, 0.3) is 0 Å². The summed E-state index contributed by atoms with van der Waals surface area (Å²) in [6, 6.07) is 4.40. The number of aryl methyl sites for hydroxylation is 1. The van der Waals surface area contributed by atoms with Crippen LogP contribution in [0.3, 0.4) is 0 Å². The fraction of sp³-hybridized carbons (Fsp3) is 0.733. The predicted octanol–water partition coefficient (Wildman–Crippen LogP) is 3.98. The summed E-state index contributed by atoms with van der Waals surface area (Å²) in [5.74, 6) is 2.00. The van der Waals surface area contributed by atoms with Gasteiger partial charge in [-0.1, -0.05) is 18.9 Å². The van der Waals surface area contributed by atoms with Crippen molar-refractivity contribution in [3.8, 4) is 0 Å². The molecule has 0 aromatic carbocycles. The average molecular weight is 249 g/mol. The quantitative estimate of drug-likeness (QED) is 0.858. The first-order valence-electron chi connectivity index (χ1n) is 7.06. The highest BCUT2D eigenvalue weighted by Gasteiger charge is 2.39. The molecule has 2 heteroatoms. The van der Waals surface area contributed by atoms with Gasteiger partial charge in [-0.3, -0.25) is 0 Å². The van der Waals surface area contributed by atoms with E-state index in [1.807, 2.05) is 11.3 Å². The summed E-state index contributed by atoms with van der Waals surface area (Å²) < 4.78 is 0. The summed E-state index contributed by atoms with van der Waals surface area (Å²) in [5, 5.41) is 2.17. The molecular formula is C15H23NS. The van der Waals surface area contributed by atoms with Crippen LogP contribution in [0.25, 0.3) is 0 Å². The first-order valence-corrected chi connectivity index (χ1v) is 7.94. The number of hydrogen-bond acceptors (Lipinski definition) is 2. The molecule has 2 atom stereocenters. The van der Waals surface area contributed by atoms with E-state index in [-0.39, 0.29) is 5.54 Å². The van der Waals surface area contributed by atoms with E-state index in [0.29, 0.717) is 0 Å². The summed E-state index contributed by atoms with van der Waals surface area (Å²) in [4.78, 5) is 1.50. The molecule has 2 saturated carbocycles. The van der Waals surface area contributed by atoms with Crippen LogP contribution in [0.5, 0.6) is 0 Å². The number of thiophene rings is 1. The molecule has 1 aromatic heterocycles. The Bertz CT molecular complexity index is 355. The fourth-order valence-corrected chi connectivity index (χ4v) is 4.18. The number of nitrogens with two attached hydrogens (primary N) is 1. The highest BCUT2D eigenvalue weighted by molar-refractivity contribution is 7.09. The Hall–Kier alpha value is -0.340. The second-order valence-electron chi connectivity index (χ2n) is 6.14. The van der Waals surface area contributed by atoms with Crippen molar-refractivity contribution in [3.05, 3.63) is 22.4 Å². The normalized spacial score (nSPS) is 33.8. The van der Waals surface area contributed by atoms with Gasteiger partial charge in [-0.05, 0) is 61.8 Å². The summed E-state index contributed by atoms with van der Waals surface area (Å²) >= 11 is 1.87. The molecule has 2 unspecified atom stereocenters. The summed E-state index contributed by atoms with van der Waals surface area (Å²) in [6.45, 7) is 0. The zero-order valence-corrected chi connectivity index (χ0v) is 11.3. The van der Waals surface area contributed by atoms with Crippen LogP contribution in [0, 0.1) is 11.8 Å². The Balaban J connectivity index is 1.56. The van der Waals surface area contributed by atoms with E-state index in [1.54, 1.807) is 0 Å². The first-order chi connectivity index (χ1) is 8.25. The molecule has 1 aromatic rings. The lowest BCUT2D eigenvalue weighted by atomic mass is 9.72. The van der Waals surface area contributed by atoms with Crippen molar-refractivity contribution in [1.82, 2.24) is 0 Å². The molecule has 0 radical (unpaired) electrons. The maximum atomic E-state index is 6.64. The highest BCUT2D eigenvalue weighted by atomic mass is 32.1. The molecule has 2 aliphatic rings. The summed E-state index contributed by atoms with van der Waals surface area (Å²) in [5.41, 5.74) is 6.78. The van der Waals surface area contributed by atoms with E-state index in [9.17, 15) is 0 Å². The third-order valence-electron chi connectivity index (χ3n) is 4.66. The lowest BCUT2D eigenvalue weighted by molar-refractivity contribution is 0.195. The Morgan fingerprint density at radius 3 is 2.88 bits per heavy atom. The van der Waals surface area contributed by atoms with Crippen molar-refractivity contribution in [2.75, 3.05) is 0 Å². The van der Waals surface area contributed by atoms with Gasteiger partial charge in [0, 0.05) is 10.4 Å². The van der Waals surface area contributed by atoms with Gasteiger partial charge in [-0.15, -0.1) is 11.3 Å². The minimum absolute atomic E-state index is 0.148. The molecule has 1 nitrogen and oxygen atoms in total. The van der Waals surface area contributed by atoms with Crippen LogP contribution in [0.15, 0.2) is 17.5 Å². The summed E-state index contributed by atoms with van der Waals surface area (Å²) in [6.07, 6.45) is 10.7. The fourth-order valence-electron chi connectivity index (χ4n) is 3.47. The SMILES string of the molecule is NC1(CCc2cccs2)CCCC(C2CC2)C1. The Labute approximate surface area is 108 Å². The zero-order valence-electron chi connectivity index (χ0n) is 10.5. The van der Waals surface area contributed by atoms with E-state index in [0.717, 1.165) is 11.8 Å². The molecule has 0 aliphatic heterocycles. The van der Waals surface area contributed by atoms with Crippen LogP contribution in [-0.4, -0.2) is 5.54 Å². The second kappa shape index (κ2) is 4.74. The van der Waals surface area contributed by atoms with E-state index in [1.165, 1.54) is 56.2 Å². The number of hydrogen-bond donors (Lipinski definition) is 1. The standard InChI is InChI=1S/C15H23NS/c16-15(9-7-14-4-2-10-17-14)8-1-3-13(11-15)12-5-6-12/h2,4,10,12-13H,1,3,5-9,11,16H2. The maximum Gasteiger partial charge on any atom is 0.0160 e. The molecule has 0 spiro atoms. The Kier molecular flexibility index (Phi) is 3.27. The lowest BCUT2D eigenvalue weighted by Crippen LogP contribution is -2.45. The molecule has 2 aliphatic carbocycles. The second-order valence-corrected chi connectivity index (χ2v) is 7.17. The van der Waals surface area contributed by atoms with Crippen LogP contribution in [0.1, 0.15) is 49.8 Å². The van der Waals surface area contributed by atoms with Crippen molar-refractivity contribution in [2.45, 2.75) is 56.9 Å². The molecule has 17 heavy (non-hydrogen) atoms. The van der Waals surface area contributed by atoms with Crippen LogP contribution >= 0.6 is 11.3 Å². The molecule has 3 rings (SSSR count). The van der Waals surface area contributed by atoms with E-state index in [4.69, 9.17) is 5.73 Å². The van der Waals surface area contributed by atoms with Crippen molar-refractivity contribution in [2.24, 2.45) is 17.6 Å². The third kappa shape index (κ3) is 2.92. The van der Waals surface area contributed by atoms with E-state index >= 15 is 0 Å². The molecule has 94 valence electrons. The van der Waals surface area contributed by atoms with Crippen LogP contribution in [0.2, 0.25) is 0 Å². The summed E-state index contributed by atoms with van der Waals surface area (Å²) in [7, 11) is 0. The van der Waals surface area contributed by atoms with Crippen LogP contribution < -0.4 is 5.73 Å². The van der Waals surface area contributed by atoms with Crippen LogP contribution in [-0.2, 0) is 6.42 Å². The van der Waals surface area contributed by atoms with Crippen LogP contribution in [0.4, 0.5) is 0 Å². The largest absolute Gasteiger partial charge is 0.325 e. The van der Waals surface area contributed by atoms with Gasteiger partial charge >= 0.3 is 0 Å². The smallest absolute Gasteiger partial charge is 0.0160 e. The molecule has 2 N–H and O–H groups in total. The lowest BCUT2D eigenvalue weighted by Gasteiger charge is -2.38. The van der Waals surface area contributed by atoms with Gasteiger partial charge in [0.2, 0.25) is 0 Å². The highest BCUT2D eigenvalue weighted by Crippen LogP contribution is 2.46. The Morgan fingerprint density at radius 1 is 1.29 bits per heavy atom. The predicted molar refractivity (Wildman–Crippen MR) is 74.2 cm³/mol. The maximum absolute atomic E-state index is 6.64. The van der Waals surface area contributed by atoms with Gasteiger partial charge < -0.3 is 5.73 Å². The minimum Gasteiger partial charge on any atom is -0.325 e. The molecule has 0 bridgehead atoms. The van der Waals surface area contributed by atoms with E-state index in [2.05, 4.69) is 17.5 Å². The molecule has 0 amide bonds. The van der Waals surface area contributed by atoms with Gasteiger partial charge in [0.1, 0.15) is 0 Å². The van der Waals surface area contributed by atoms with Crippen molar-refractivity contribution >= 4 is 11.3 Å². The monoisotopic (exact) mass is 249 g/mol. The van der Waals surface area contributed by atoms with E-state index < -0.39 is 0 Å². The topological polar surface area (TPSA) is 26.0 Å². The van der Waals surface area contributed by atoms with Gasteiger partial charge in [0.15, 0.2) is 0 Å². The first kappa shape index (κ1) is 11.7. The van der Waals surface area contributed by atoms with Gasteiger partial charge in [-0.2, -0.15) is 0 Å². The minimum atomic E-state index is 0.148. The molecule has 1 heterocycles. The van der Waals surface area contributed by atoms with Gasteiger partial charge in [0.05, 0.1) is 0 Å². The molecule has 0 saturated heterocycles. The average Bonchev–Trinajstić information content (AvgIpc) is 3.04. The van der Waals surface area contributed by atoms with Crippen molar-refractivity contribution in [3.63, 3.8) is 0 Å². The Morgan fingerprint density at radius 2 is 2.18 bits per heavy atom. The molecular weight excluding hydrogens is 226 g/mol. The molecule has 2 fully saturated rings. The van der Waals surface area contributed by atoms with Crippen molar-refractivity contribution in [1.29, 1.82) is 0 Å². The third-order valence-corrected chi connectivity index (χ3v) is 5.59.